The molecule has 3 nitrogen and oxygen atoms in total. The van der Waals surface area contributed by atoms with E-state index < -0.39 is 0 Å². The van der Waals surface area contributed by atoms with Crippen LogP contribution in [0.2, 0.25) is 0 Å². The quantitative estimate of drug-likeness (QED) is 0.864. The molecule has 0 bridgehead atoms. The zero-order valence-corrected chi connectivity index (χ0v) is 11.6. The number of aryl methyl sites for hydroxylation is 1. The summed E-state index contributed by atoms with van der Waals surface area (Å²) in [5.41, 5.74) is 1.72. The van der Waals surface area contributed by atoms with E-state index in [1.807, 2.05) is 13.0 Å². The van der Waals surface area contributed by atoms with Gasteiger partial charge in [-0.2, -0.15) is 0 Å². The van der Waals surface area contributed by atoms with E-state index in [0.29, 0.717) is 24.3 Å². The van der Waals surface area contributed by atoms with Gasteiger partial charge in [-0.05, 0) is 37.3 Å². The number of aromatic nitrogens is 1. The summed E-state index contributed by atoms with van der Waals surface area (Å²) in [4.78, 5) is 4.39. The Hall–Kier alpha value is -1.09. The Labute approximate surface area is 110 Å². The van der Waals surface area contributed by atoms with Gasteiger partial charge in [-0.25, -0.2) is 0 Å². The molecule has 18 heavy (non-hydrogen) atoms. The SMILES string of the molecule is Cc1ccc(O)c(CNC2CCCC(C)C2C)n1. The van der Waals surface area contributed by atoms with Gasteiger partial charge in [-0.3, -0.25) is 4.98 Å². The number of nitrogens with one attached hydrogen (secondary N) is 1. The fourth-order valence-electron chi connectivity index (χ4n) is 2.83. The van der Waals surface area contributed by atoms with Crippen LogP contribution in [0.5, 0.6) is 5.75 Å². The molecule has 0 aromatic carbocycles. The van der Waals surface area contributed by atoms with E-state index in [1.54, 1.807) is 6.07 Å². The summed E-state index contributed by atoms with van der Waals surface area (Å²) in [6.45, 7) is 7.27. The lowest BCUT2D eigenvalue weighted by Gasteiger charge is -2.34. The van der Waals surface area contributed by atoms with Crippen molar-refractivity contribution in [2.24, 2.45) is 11.8 Å². The zero-order chi connectivity index (χ0) is 13.1. The molecule has 0 aliphatic heterocycles. The van der Waals surface area contributed by atoms with Crippen LogP contribution in [0.3, 0.4) is 0 Å². The largest absolute Gasteiger partial charge is 0.506 e. The Balaban J connectivity index is 1.96. The summed E-state index contributed by atoms with van der Waals surface area (Å²) < 4.78 is 0. The topological polar surface area (TPSA) is 45.1 Å². The molecule has 0 spiro atoms. The number of rotatable bonds is 3. The second kappa shape index (κ2) is 5.70. The van der Waals surface area contributed by atoms with Crippen LogP contribution in [0.1, 0.15) is 44.5 Å². The highest BCUT2D eigenvalue weighted by molar-refractivity contribution is 5.27. The smallest absolute Gasteiger partial charge is 0.138 e. The lowest BCUT2D eigenvalue weighted by Crippen LogP contribution is -2.40. The minimum Gasteiger partial charge on any atom is -0.506 e. The molecule has 2 N–H and O–H groups in total. The number of nitrogens with zero attached hydrogens (tertiary/aromatic N) is 1. The highest BCUT2D eigenvalue weighted by Gasteiger charge is 2.26. The maximum atomic E-state index is 9.78. The second-order valence-corrected chi connectivity index (χ2v) is 5.67. The summed E-state index contributed by atoms with van der Waals surface area (Å²) in [7, 11) is 0. The van der Waals surface area contributed by atoms with Crippen LogP contribution in [0.15, 0.2) is 12.1 Å². The molecule has 0 radical (unpaired) electrons. The molecule has 1 aromatic rings. The predicted octanol–water partition coefficient (Wildman–Crippen LogP) is 3.01. The van der Waals surface area contributed by atoms with E-state index in [1.165, 1.54) is 19.3 Å². The molecule has 1 aromatic heterocycles. The molecule has 100 valence electrons. The first kappa shape index (κ1) is 13.3. The van der Waals surface area contributed by atoms with Gasteiger partial charge in [0, 0.05) is 18.3 Å². The highest BCUT2D eigenvalue weighted by Crippen LogP contribution is 2.29. The molecule has 0 amide bonds. The Morgan fingerprint density at radius 3 is 2.89 bits per heavy atom. The highest BCUT2D eigenvalue weighted by atomic mass is 16.3. The van der Waals surface area contributed by atoms with Gasteiger partial charge in [-0.15, -0.1) is 0 Å². The van der Waals surface area contributed by atoms with Crippen LogP contribution in [0.4, 0.5) is 0 Å². The molecule has 1 fully saturated rings. The summed E-state index contributed by atoms with van der Waals surface area (Å²) in [5.74, 6) is 1.78. The summed E-state index contributed by atoms with van der Waals surface area (Å²) in [6.07, 6.45) is 3.88. The number of hydrogen-bond acceptors (Lipinski definition) is 3. The Morgan fingerprint density at radius 1 is 1.33 bits per heavy atom. The maximum absolute atomic E-state index is 9.78. The third-order valence-corrected chi connectivity index (χ3v) is 4.33. The lowest BCUT2D eigenvalue weighted by molar-refractivity contribution is 0.205. The Morgan fingerprint density at radius 2 is 2.11 bits per heavy atom. The minimum atomic E-state index is 0.296. The first-order valence-corrected chi connectivity index (χ1v) is 6.97. The van der Waals surface area contributed by atoms with Crippen LogP contribution < -0.4 is 5.32 Å². The van der Waals surface area contributed by atoms with Crippen molar-refractivity contribution < 1.29 is 5.11 Å². The molecular formula is C15H24N2O. The van der Waals surface area contributed by atoms with E-state index >= 15 is 0 Å². The standard InChI is InChI=1S/C15H24N2O/c1-10-5-4-6-13(12(10)3)16-9-14-15(18)8-7-11(2)17-14/h7-8,10,12-13,16,18H,4-6,9H2,1-3H3. The minimum absolute atomic E-state index is 0.296. The van der Waals surface area contributed by atoms with Gasteiger partial charge < -0.3 is 10.4 Å². The molecule has 0 saturated heterocycles. The summed E-state index contributed by atoms with van der Waals surface area (Å²) in [6, 6.07) is 4.12. The molecule has 1 heterocycles. The van der Waals surface area contributed by atoms with Crippen LogP contribution in [0, 0.1) is 18.8 Å². The van der Waals surface area contributed by atoms with Crippen molar-refractivity contribution in [3.05, 3.63) is 23.5 Å². The number of aromatic hydroxyl groups is 1. The third-order valence-electron chi connectivity index (χ3n) is 4.33. The van der Waals surface area contributed by atoms with Crippen LogP contribution in [0.25, 0.3) is 0 Å². The normalized spacial score (nSPS) is 28.3. The van der Waals surface area contributed by atoms with Crippen LogP contribution in [-0.2, 0) is 6.54 Å². The molecule has 3 atom stereocenters. The average molecular weight is 248 g/mol. The summed E-state index contributed by atoms with van der Waals surface area (Å²) >= 11 is 0. The average Bonchev–Trinajstić information content (AvgIpc) is 2.35. The van der Waals surface area contributed by atoms with E-state index in [-0.39, 0.29) is 0 Å². The molecular weight excluding hydrogens is 224 g/mol. The van der Waals surface area contributed by atoms with Gasteiger partial charge >= 0.3 is 0 Å². The monoisotopic (exact) mass is 248 g/mol. The van der Waals surface area contributed by atoms with Crippen LogP contribution >= 0.6 is 0 Å². The number of hydrogen-bond donors (Lipinski definition) is 2. The fourth-order valence-corrected chi connectivity index (χ4v) is 2.83. The van der Waals surface area contributed by atoms with Gasteiger partial charge in [0.25, 0.3) is 0 Å². The zero-order valence-electron chi connectivity index (χ0n) is 11.6. The van der Waals surface area contributed by atoms with Gasteiger partial charge in [0.1, 0.15) is 5.75 Å². The summed E-state index contributed by atoms with van der Waals surface area (Å²) in [5, 5.41) is 13.3. The van der Waals surface area contributed by atoms with Crippen molar-refractivity contribution >= 4 is 0 Å². The Bertz CT molecular complexity index is 405. The van der Waals surface area contributed by atoms with Crippen LogP contribution in [-0.4, -0.2) is 16.1 Å². The lowest BCUT2D eigenvalue weighted by atomic mass is 9.78. The van der Waals surface area contributed by atoms with Gasteiger partial charge in [0.15, 0.2) is 0 Å². The second-order valence-electron chi connectivity index (χ2n) is 5.67. The molecule has 2 rings (SSSR count). The first-order valence-electron chi connectivity index (χ1n) is 6.97. The van der Waals surface area contributed by atoms with E-state index in [2.05, 4.69) is 24.1 Å². The van der Waals surface area contributed by atoms with E-state index in [9.17, 15) is 5.11 Å². The molecule has 1 saturated carbocycles. The van der Waals surface area contributed by atoms with Crippen molar-refractivity contribution in [1.29, 1.82) is 0 Å². The van der Waals surface area contributed by atoms with Crippen molar-refractivity contribution in [2.75, 3.05) is 0 Å². The van der Waals surface area contributed by atoms with E-state index in [0.717, 1.165) is 17.3 Å². The Kier molecular flexibility index (Phi) is 4.23. The molecule has 1 aliphatic rings. The molecule has 1 aliphatic carbocycles. The van der Waals surface area contributed by atoms with Gasteiger partial charge in [0.05, 0.1) is 5.69 Å². The van der Waals surface area contributed by atoms with E-state index in [4.69, 9.17) is 0 Å². The van der Waals surface area contributed by atoms with Crippen molar-refractivity contribution in [3.63, 3.8) is 0 Å². The van der Waals surface area contributed by atoms with Crippen molar-refractivity contribution in [2.45, 2.75) is 52.6 Å². The predicted molar refractivity (Wildman–Crippen MR) is 73.4 cm³/mol. The van der Waals surface area contributed by atoms with Gasteiger partial charge in [0.2, 0.25) is 0 Å². The van der Waals surface area contributed by atoms with Gasteiger partial charge in [-0.1, -0.05) is 26.7 Å². The first-order chi connectivity index (χ1) is 8.58. The fraction of sp³-hybridized carbons (Fsp3) is 0.667. The van der Waals surface area contributed by atoms with Crippen molar-refractivity contribution in [1.82, 2.24) is 10.3 Å². The van der Waals surface area contributed by atoms with Crippen molar-refractivity contribution in [3.8, 4) is 5.75 Å². The third kappa shape index (κ3) is 3.02. The maximum Gasteiger partial charge on any atom is 0.138 e. The molecule has 3 unspecified atom stereocenters. The number of pyridine rings is 1. The molecule has 3 heteroatoms.